The van der Waals surface area contributed by atoms with Crippen LogP contribution in [-0.2, 0) is 23.0 Å². The molecule has 0 radical (unpaired) electrons. The molecule has 2 aromatic carbocycles. The predicted molar refractivity (Wildman–Crippen MR) is 129 cm³/mol. The SMILES string of the molecule is CC.CC.O=C1c2ccccc2C(=O)N1C1CCc2[nH]c3ccc(OS(=O)(=O)C(F)(F)F)cc3c2C1. The molecule has 1 aromatic heterocycles. The number of aryl methyl sites for hydroxylation is 1. The van der Waals surface area contributed by atoms with E-state index in [2.05, 4.69) is 9.17 Å². The third kappa shape index (κ3) is 4.71. The van der Waals surface area contributed by atoms with Crippen molar-refractivity contribution in [3.63, 3.8) is 0 Å². The van der Waals surface area contributed by atoms with Gasteiger partial charge in [-0.2, -0.15) is 21.6 Å². The average Bonchev–Trinajstić information content (AvgIpc) is 3.35. The maximum atomic E-state index is 12.8. The van der Waals surface area contributed by atoms with E-state index in [-0.39, 0.29) is 18.2 Å². The number of H-pyrrole nitrogens is 1. The number of nitrogens with zero attached hydrogens (tertiary/aromatic N) is 1. The Labute approximate surface area is 207 Å². The molecule has 1 unspecified atom stereocenters. The molecule has 11 heteroatoms. The number of carbonyl (C=O) groups excluding carboxylic acids is 2. The van der Waals surface area contributed by atoms with Crippen molar-refractivity contribution in [1.29, 1.82) is 0 Å². The van der Waals surface area contributed by atoms with Gasteiger partial charge in [0.1, 0.15) is 5.75 Å². The Balaban J connectivity index is 0.000000861. The summed E-state index contributed by atoms with van der Waals surface area (Å²) >= 11 is 0. The van der Waals surface area contributed by atoms with Crippen LogP contribution in [0.4, 0.5) is 13.2 Å². The van der Waals surface area contributed by atoms with Gasteiger partial charge in [0.2, 0.25) is 0 Å². The normalized spacial score (nSPS) is 17.0. The van der Waals surface area contributed by atoms with Crippen molar-refractivity contribution >= 4 is 32.8 Å². The van der Waals surface area contributed by atoms with Crippen molar-refractivity contribution in [3.05, 3.63) is 64.8 Å². The summed E-state index contributed by atoms with van der Waals surface area (Å²) in [6, 6.07) is 9.92. The molecule has 7 nitrogen and oxygen atoms in total. The number of hydrogen-bond donors (Lipinski definition) is 1. The summed E-state index contributed by atoms with van der Waals surface area (Å²) in [6.45, 7) is 8.00. The van der Waals surface area contributed by atoms with Crippen molar-refractivity contribution in [2.24, 2.45) is 0 Å². The van der Waals surface area contributed by atoms with Gasteiger partial charge in [0.05, 0.1) is 11.1 Å². The number of halogens is 3. The van der Waals surface area contributed by atoms with Crippen LogP contribution in [0.1, 0.15) is 66.1 Å². The molecule has 1 atom stereocenters. The lowest BCUT2D eigenvalue weighted by Gasteiger charge is -2.29. The maximum Gasteiger partial charge on any atom is 0.534 e. The summed E-state index contributed by atoms with van der Waals surface area (Å²) in [7, 11) is -5.80. The third-order valence-electron chi connectivity index (χ3n) is 5.81. The first-order chi connectivity index (χ1) is 17.1. The standard InChI is InChI=1S/C21H15F3N2O5S.2C2H6/c22-21(23,24)32(29,30)31-12-6-8-18-16(10-12)15-9-11(5-7-17(15)25-18)26-19(27)13-3-1-2-4-14(13)20(26)28;2*1-2/h1-4,6,8,10-11,25H,5,7,9H2;2*1-2H3. The highest BCUT2D eigenvalue weighted by Crippen LogP contribution is 2.36. The first-order valence-corrected chi connectivity index (χ1v) is 13.1. The molecule has 36 heavy (non-hydrogen) atoms. The maximum absolute atomic E-state index is 12.8. The van der Waals surface area contributed by atoms with E-state index in [0.29, 0.717) is 40.4 Å². The highest BCUT2D eigenvalue weighted by atomic mass is 32.2. The third-order valence-corrected chi connectivity index (χ3v) is 6.79. The van der Waals surface area contributed by atoms with Crippen LogP contribution in [0.3, 0.4) is 0 Å². The summed E-state index contributed by atoms with van der Waals surface area (Å²) < 4.78 is 65.0. The highest BCUT2D eigenvalue weighted by molar-refractivity contribution is 7.88. The van der Waals surface area contributed by atoms with Crippen LogP contribution in [0.25, 0.3) is 10.9 Å². The van der Waals surface area contributed by atoms with Crippen LogP contribution in [0, 0.1) is 0 Å². The molecular weight excluding hydrogens is 497 g/mol. The van der Waals surface area contributed by atoms with E-state index in [1.54, 1.807) is 24.3 Å². The van der Waals surface area contributed by atoms with Gasteiger partial charge in [-0.15, -0.1) is 0 Å². The number of aromatic amines is 1. The molecule has 0 spiro atoms. The molecule has 1 N–H and O–H groups in total. The van der Waals surface area contributed by atoms with E-state index in [4.69, 9.17) is 0 Å². The highest BCUT2D eigenvalue weighted by Gasteiger charge is 2.48. The topological polar surface area (TPSA) is 96.5 Å². The van der Waals surface area contributed by atoms with Crippen molar-refractivity contribution in [2.45, 2.75) is 58.5 Å². The summed E-state index contributed by atoms with van der Waals surface area (Å²) in [5.41, 5.74) is -2.73. The van der Waals surface area contributed by atoms with E-state index in [9.17, 15) is 31.2 Å². The van der Waals surface area contributed by atoms with Crippen molar-refractivity contribution < 1.29 is 35.4 Å². The first-order valence-electron chi connectivity index (χ1n) is 11.7. The molecule has 2 heterocycles. The molecule has 0 saturated heterocycles. The van der Waals surface area contributed by atoms with Gasteiger partial charge in [-0.3, -0.25) is 14.5 Å². The number of imide groups is 1. The number of aromatic nitrogens is 1. The number of alkyl halides is 3. The number of carbonyl (C=O) groups is 2. The lowest BCUT2D eigenvalue weighted by atomic mass is 9.90. The summed E-state index contributed by atoms with van der Waals surface area (Å²) in [5, 5.41) is 0.483. The molecule has 2 amide bonds. The average molecular weight is 525 g/mol. The number of amides is 2. The van der Waals surface area contributed by atoms with Crippen molar-refractivity contribution in [1.82, 2.24) is 9.88 Å². The summed E-state index contributed by atoms with van der Waals surface area (Å²) in [6.07, 6.45) is 1.33. The lowest BCUT2D eigenvalue weighted by molar-refractivity contribution is -0.0500. The largest absolute Gasteiger partial charge is 0.534 e. The van der Waals surface area contributed by atoms with E-state index in [1.807, 2.05) is 27.7 Å². The van der Waals surface area contributed by atoms with E-state index >= 15 is 0 Å². The molecule has 0 bridgehead atoms. The molecule has 3 aromatic rings. The predicted octanol–water partition coefficient (Wildman–Crippen LogP) is 5.60. The first kappa shape index (κ1) is 27.3. The smallest absolute Gasteiger partial charge is 0.376 e. The molecule has 0 fully saturated rings. The number of nitrogens with one attached hydrogen (secondary N) is 1. The van der Waals surface area contributed by atoms with Gasteiger partial charge in [0, 0.05) is 22.6 Å². The second-order valence-electron chi connectivity index (χ2n) is 7.70. The fourth-order valence-electron chi connectivity index (χ4n) is 4.36. The minimum Gasteiger partial charge on any atom is -0.376 e. The second kappa shape index (κ2) is 10.3. The van der Waals surface area contributed by atoms with Crippen LogP contribution in [-0.4, -0.2) is 41.7 Å². The number of rotatable bonds is 3. The van der Waals surface area contributed by atoms with Crippen molar-refractivity contribution in [3.8, 4) is 5.75 Å². The van der Waals surface area contributed by atoms with Gasteiger partial charge in [0.15, 0.2) is 0 Å². The zero-order valence-electron chi connectivity index (χ0n) is 20.3. The quantitative estimate of drug-likeness (QED) is 0.273. The van der Waals surface area contributed by atoms with Crippen LogP contribution < -0.4 is 4.18 Å². The Hall–Kier alpha value is -3.34. The van der Waals surface area contributed by atoms with Crippen LogP contribution in [0.5, 0.6) is 5.75 Å². The van der Waals surface area contributed by atoms with Crippen molar-refractivity contribution in [2.75, 3.05) is 0 Å². The minimum absolute atomic E-state index is 0.288. The summed E-state index contributed by atoms with van der Waals surface area (Å²) in [5.74, 6) is -1.22. The fraction of sp³-hybridized carbons (Fsp3) is 0.360. The number of hydrogen-bond acceptors (Lipinski definition) is 5. The van der Waals surface area contributed by atoms with Gasteiger partial charge in [-0.25, -0.2) is 0 Å². The molecule has 2 aliphatic rings. The molecular formula is C25H27F3N2O5S. The van der Waals surface area contributed by atoms with Gasteiger partial charge in [-0.05, 0) is 55.2 Å². The Bertz CT molecular complexity index is 1360. The van der Waals surface area contributed by atoms with Gasteiger partial charge >= 0.3 is 15.6 Å². The van der Waals surface area contributed by atoms with E-state index < -0.39 is 27.4 Å². The lowest BCUT2D eigenvalue weighted by Crippen LogP contribution is -2.43. The Morgan fingerprint density at radius 3 is 2.11 bits per heavy atom. The number of benzene rings is 2. The molecule has 0 saturated carbocycles. The molecule has 1 aliphatic heterocycles. The zero-order valence-corrected chi connectivity index (χ0v) is 21.1. The van der Waals surface area contributed by atoms with Crippen LogP contribution >= 0.6 is 0 Å². The van der Waals surface area contributed by atoms with Crippen LogP contribution in [0.2, 0.25) is 0 Å². The van der Waals surface area contributed by atoms with Gasteiger partial charge in [0.25, 0.3) is 11.8 Å². The molecule has 5 rings (SSSR count). The van der Waals surface area contributed by atoms with E-state index in [0.717, 1.165) is 11.8 Å². The fourth-order valence-corrected chi connectivity index (χ4v) is 4.81. The summed E-state index contributed by atoms with van der Waals surface area (Å²) in [4.78, 5) is 30.1. The van der Waals surface area contributed by atoms with E-state index in [1.165, 1.54) is 17.0 Å². The minimum atomic E-state index is -5.80. The second-order valence-corrected chi connectivity index (χ2v) is 9.23. The zero-order chi connectivity index (χ0) is 26.8. The number of fused-ring (bicyclic) bond motifs is 4. The van der Waals surface area contributed by atoms with Gasteiger partial charge < -0.3 is 9.17 Å². The molecule has 1 aliphatic carbocycles. The van der Waals surface area contributed by atoms with Crippen LogP contribution in [0.15, 0.2) is 42.5 Å². The Kier molecular flexibility index (Phi) is 7.82. The monoisotopic (exact) mass is 524 g/mol. The molecule has 194 valence electrons. The Morgan fingerprint density at radius 1 is 0.972 bits per heavy atom. The Morgan fingerprint density at radius 2 is 1.56 bits per heavy atom. The van der Waals surface area contributed by atoms with Gasteiger partial charge in [-0.1, -0.05) is 39.8 Å².